The molecule has 88 valence electrons. The van der Waals surface area contributed by atoms with E-state index in [0.29, 0.717) is 17.5 Å². The highest BCUT2D eigenvalue weighted by atomic mass is 35.5. The molecule has 0 bridgehead atoms. The first-order valence-corrected chi connectivity index (χ1v) is 5.57. The predicted octanol–water partition coefficient (Wildman–Crippen LogP) is 4.41. The monoisotopic (exact) mass is 242 g/mol. The normalized spacial score (nSPS) is 11.6. The van der Waals surface area contributed by atoms with Crippen molar-refractivity contribution in [3.05, 3.63) is 34.1 Å². The van der Waals surface area contributed by atoms with E-state index in [1.165, 1.54) is 12.1 Å². The third-order valence-electron chi connectivity index (χ3n) is 2.24. The lowest BCUT2D eigenvalue weighted by Gasteiger charge is -2.17. The first kappa shape index (κ1) is 13.2. The van der Waals surface area contributed by atoms with Crippen LogP contribution in [0.3, 0.4) is 0 Å². The van der Waals surface area contributed by atoms with Crippen LogP contribution in [0.25, 0.3) is 0 Å². The lowest BCUT2D eigenvalue weighted by atomic mass is 9.87. The van der Waals surface area contributed by atoms with E-state index in [4.69, 9.17) is 11.6 Å². The van der Waals surface area contributed by atoms with Crippen LogP contribution >= 0.6 is 11.6 Å². The van der Waals surface area contributed by atoms with Gasteiger partial charge in [0.25, 0.3) is 0 Å². The molecule has 0 unspecified atom stereocenters. The van der Waals surface area contributed by atoms with Crippen LogP contribution in [0.5, 0.6) is 0 Å². The van der Waals surface area contributed by atoms with E-state index in [-0.39, 0.29) is 22.0 Å². The summed E-state index contributed by atoms with van der Waals surface area (Å²) in [5.41, 5.74) is 0.764. The van der Waals surface area contributed by atoms with Crippen LogP contribution in [-0.2, 0) is 0 Å². The van der Waals surface area contributed by atoms with Crippen molar-refractivity contribution >= 4 is 17.4 Å². The fourth-order valence-electron chi connectivity index (χ4n) is 1.45. The smallest absolute Gasteiger partial charge is 0.164 e. The van der Waals surface area contributed by atoms with Crippen molar-refractivity contribution in [3.8, 4) is 0 Å². The van der Waals surface area contributed by atoms with Crippen molar-refractivity contribution in [1.82, 2.24) is 0 Å². The SMILES string of the molecule is Cc1cc(C(=O)CC(C)(C)C)c(Cl)cc1F. The largest absolute Gasteiger partial charge is 0.294 e. The molecule has 1 nitrogen and oxygen atoms in total. The van der Waals surface area contributed by atoms with Crippen molar-refractivity contribution in [2.45, 2.75) is 34.1 Å². The Morgan fingerprint density at radius 3 is 2.44 bits per heavy atom. The molecule has 0 radical (unpaired) electrons. The molecule has 3 heteroatoms. The number of hydrogen-bond acceptors (Lipinski definition) is 1. The summed E-state index contributed by atoms with van der Waals surface area (Å²) in [5, 5.41) is 0.192. The molecule has 1 rings (SSSR count). The van der Waals surface area contributed by atoms with Crippen LogP contribution in [0.4, 0.5) is 4.39 Å². The van der Waals surface area contributed by atoms with Gasteiger partial charge in [-0.25, -0.2) is 4.39 Å². The van der Waals surface area contributed by atoms with Gasteiger partial charge in [-0.1, -0.05) is 32.4 Å². The molecule has 0 N–H and O–H groups in total. The van der Waals surface area contributed by atoms with E-state index in [1.807, 2.05) is 20.8 Å². The number of carbonyl (C=O) groups excluding carboxylic acids is 1. The second kappa shape index (κ2) is 4.54. The third-order valence-corrected chi connectivity index (χ3v) is 2.55. The summed E-state index contributed by atoms with van der Waals surface area (Å²) in [6.07, 6.45) is 0.401. The molecule has 0 aliphatic carbocycles. The van der Waals surface area contributed by atoms with Crippen LogP contribution in [0.15, 0.2) is 12.1 Å². The summed E-state index contributed by atoms with van der Waals surface area (Å²) in [7, 11) is 0. The quantitative estimate of drug-likeness (QED) is 0.703. The Morgan fingerprint density at radius 1 is 1.38 bits per heavy atom. The molecule has 0 saturated heterocycles. The zero-order valence-electron chi connectivity index (χ0n) is 10.0. The van der Waals surface area contributed by atoms with E-state index in [9.17, 15) is 9.18 Å². The highest BCUT2D eigenvalue weighted by Gasteiger charge is 2.20. The van der Waals surface area contributed by atoms with Gasteiger partial charge in [0.1, 0.15) is 5.82 Å². The van der Waals surface area contributed by atoms with Crippen LogP contribution in [-0.4, -0.2) is 5.78 Å². The van der Waals surface area contributed by atoms with Gasteiger partial charge in [0.15, 0.2) is 5.78 Å². The molecule has 1 aromatic rings. The number of aryl methyl sites for hydroxylation is 1. The van der Waals surface area contributed by atoms with Crippen LogP contribution < -0.4 is 0 Å². The molecule has 0 amide bonds. The predicted molar refractivity (Wildman–Crippen MR) is 64.5 cm³/mol. The van der Waals surface area contributed by atoms with E-state index >= 15 is 0 Å². The third kappa shape index (κ3) is 3.31. The molecule has 0 aromatic heterocycles. The van der Waals surface area contributed by atoms with Crippen LogP contribution in [0.1, 0.15) is 43.1 Å². The summed E-state index contributed by atoms with van der Waals surface area (Å²) >= 11 is 5.86. The van der Waals surface area contributed by atoms with Crippen molar-refractivity contribution in [2.75, 3.05) is 0 Å². The average Bonchev–Trinajstić information content (AvgIpc) is 2.08. The summed E-state index contributed by atoms with van der Waals surface area (Å²) < 4.78 is 13.2. The maximum Gasteiger partial charge on any atom is 0.164 e. The molecule has 0 fully saturated rings. The van der Waals surface area contributed by atoms with Crippen molar-refractivity contribution in [2.24, 2.45) is 5.41 Å². The van der Waals surface area contributed by atoms with E-state index in [2.05, 4.69) is 0 Å². The topological polar surface area (TPSA) is 17.1 Å². The Morgan fingerprint density at radius 2 is 1.94 bits per heavy atom. The Kier molecular flexibility index (Phi) is 3.74. The van der Waals surface area contributed by atoms with Gasteiger partial charge in [0, 0.05) is 12.0 Å². The highest BCUT2D eigenvalue weighted by Crippen LogP contribution is 2.26. The number of benzene rings is 1. The Bertz CT molecular complexity index is 419. The molecule has 0 atom stereocenters. The second-order valence-corrected chi connectivity index (χ2v) is 5.65. The Balaban J connectivity index is 3.05. The number of rotatable bonds is 2. The number of carbonyl (C=O) groups is 1. The first-order chi connectivity index (χ1) is 7.20. The Labute approximate surface area is 101 Å². The van der Waals surface area contributed by atoms with Gasteiger partial charge in [-0.2, -0.15) is 0 Å². The maximum absolute atomic E-state index is 13.2. The molecule has 0 spiro atoms. The molecule has 0 heterocycles. The van der Waals surface area contributed by atoms with Gasteiger partial charge in [-0.05, 0) is 30.0 Å². The number of hydrogen-bond donors (Lipinski definition) is 0. The molecule has 0 saturated carbocycles. The molecule has 16 heavy (non-hydrogen) atoms. The number of Topliss-reactive ketones (excluding diaryl/α,β-unsaturated/α-hetero) is 1. The number of halogens is 2. The van der Waals surface area contributed by atoms with Gasteiger partial charge >= 0.3 is 0 Å². The summed E-state index contributed by atoms with van der Waals surface area (Å²) in [5.74, 6) is -0.419. The van der Waals surface area contributed by atoms with Gasteiger partial charge in [-0.15, -0.1) is 0 Å². The molecule has 0 aliphatic heterocycles. The highest BCUT2D eigenvalue weighted by molar-refractivity contribution is 6.34. The minimum atomic E-state index is -0.377. The molecular formula is C13H16ClFO. The van der Waals surface area contributed by atoms with E-state index in [1.54, 1.807) is 6.92 Å². The van der Waals surface area contributed by atoms with Gasteiger partial charge in [-0.3, -0.25) is 4.79 Å². The van der Waals surface area contributed by atoms with Gasteiger partial charge < -0.3 is 0 Å². The molecule has 1 aromatic carbocycles. The lowest BCUT2D eigenvalue weighted by molar-refractivity contribution is 0.0940. The van der Waals surface area contributed by atoms with Crippen molar-refractivity contribution in [3.63, 3.8) is 0 Å². The standard InChI is InChI=1S/C13H16ClFO/c1-8-5-9(10(14)6-11(8)15)12(16)7-13(2,3)4/h5-6H,7H2,1-4H3. The minimum Gasteiger partial charge on any atom is -0.294 e. The number of ketones is 1. The van der Waals surface area contributed by atoms with Crippen LogP contribution in [0.2, 0.25) is 5.02 Å². The van der Waals surface area contributed by atoms with Gasteiger partial charge in [0.2, 0.25) is 0 Å². The average molecular weight is 243 g/mol. The first-order valence-electron chi connectivity index (χ1n) is 5.19. The zero-order chi connectivity index (χ0) is 12.5. The fourth-order valence-corrected chi connectivity index (χ4v) is 1.70. The molecule has 0 aliphatic rings. The fraction of sp³-hybridized carbons (Fsp3) is 0.462. The summed E-state index contributed by atoms with van der Waals surface area (Å²) in [4.78, 5) is 11.9. The van der Waals surface area contributed by atoms with E-state index < -0.39 is 0 Å². The second-order valence-electron chi connectivity index (χ2n) is 5.24. The van der Waals surface area contributed by atoms with Crippen molar-refractivity contribution < 1.29 is 9.18 Å². The summed E-state index contributed by atoms with van der Waals surface area (Å²) in [6, 6.07) is 2.72. The van der Waals surface area contributed by atoms with E-state index in [0.717, 1.165) is 0 Å². The zero-order valence-corrected chi connectivity index (χ0v) is 10.8. The van der Waals surface area contributed by atoms with Gasteiger partial charge in [0.05, 0.1) is 5.02 Å². The maximum atomic E-state index is 13.2. The molecular weight excluding hydrogens is 227 g/mol. The minimum absolute atomic E-state index is 0.0411. The van der Waals surface area contributed by atoms with Crippen LogP contribution in [0, 0.1) is 18.2 Å². The lowest BCUT2D eigenvalue weighted by Crippen LogP contribution is -2.13. The Hall–Kier alpha value is -0.890. The summed E-state index contributed by atoms with van der Waals surface area (Å²) in [6.45, 7) is 7.57. The van der Waals surface area contributed by atoms with Crippen molar-refractivity contribution in [1.29, 1.82) is 0 Å².